The highest BCUT2D eigenvalue weighted by molar-refractivity contribution is 6.31. The first-order valence-electron chi connectivity index (χ1n) is 8.57. The number of fused-ring (bicyclic) bond motifs is 1. The van der Waals surface area contributed by atoms with Gasteiger partial charge in [-0.2, -0.15) is 0 Å². The van der Waals surface area contributed by atoms with Crippen LogP contribution in [-0.4, -0.2) is 9.97 Å². The van der Waals surface area contributed by atoms with Gasteiger partial charge in [-0.05, 0) is 73.4 Å². The van der Waals surface area contributed by atoms with E-state index in [4.69, 9.17) is 11.6 Å². The number of nitrogens with one attached hydrogen (secondary N) is 1. The van der Waals surface area contributed by atoms with Crippen LogP contribution in [-0.2, 0) is 6.42 Å². The zero-order chi connectivity index (χ0) is 16.5. The SMILES string of the molecule is Fc1ccc([C@H]2CC[C@H](Cc3nc4cc(Cl)ccc4[nH]3)CC2)cc1. The Balaban J connectivity index is 1.39. The second-order valence-electron chi connectivity index (χ2n) is 6.82. The molecule has 4 heteroatoms. The van der Waals surface area contributed by atoms with E-state index in [0.29, 0.717) is 11.8 Å². The largest absolute Gasteiger partial charge is 0.342 e. The summed E-state index contributed by atoms with van der Waals surface area (Å²) >= 11 is 6.03. The van der Waals surface area contributed by atoms with E-state index in [0.717, 1.165) is 28.3 Å². The van der Waals surface area contributed by atoms with Crippen LogP contribution in [0.5, 0.6) is 0 Å². The molecule has 0 bridgehead atoms. The Bertz CT molecular complexity index is 832. The number of H-pyrrole nitrogens is 1. The minimum Gasteiger partial charge on any atom is -0.342 e. The lowest BCUT2D eigenvalue weighted by Crippen LogP contribution is -2.15. The van der Waals surface area contributed by atoms with E-state index in [9.17, 15) is 4.39 Å². The lowest BCUT2D eigenvalue weighted by molar-refractivity contribution is 0.321. The topological polar surface area (TPSA) is 28.7 Å². The van der Waals surface area contributed by atoms with Crippen molar-refractivity contribution in [1.82, 2.24) is 9.97 Å². The lowest BCUT2D eigenvalue weighted by Gasteiger charge is -2.28. The van der Waals surface area contributed by atoms with Crippen LogP contribution in [0.1, 0.15) is 43.0 Å². The number of hydrogen-bond donors (Lipinski definition) is 1. The molecule has 0 atom stereocenters. The van der Waals surface area contributed by atoms with E-state index in [1.54, 1.807) is 12.1 Å². The highest BCUT2D eigenvalue weighted by atomic mass is 35.5. The lowest BCUT2D eigenvalue weighted by atomic mass is 9.77. The summed E-state index contributed by atoms with van der Waals surface area (Å²) < 4.78 is 13.1. The maximum atomic E-state index is 13.1. The molecule has 1 fully saturated rings. The fourth-order valence-electron chi connectivity index (χ4n) is 3.84. The molecule has 0 amide bonds. The van der Waals surface area contributed by atoms with Gasteiger partial charge in [-0.25, -0.2) is 9.37 Å². The Morgan fingerprint density at radius 3 is 2.54 bits per heavy atom. The standard InChI is InChI=1S/C20H20ClFN2/c21-16-7-10-18-19(12-16)24-20(23-18)11-13-1-3-14(4-2-13)15-5-8-17(22)9-6-15/h5-10,12-14H,1-4,11H2,(H,23,24)/t13-,14-. The van der Waals surface area contributed by atoms with Crippen molar-refractivity contribution in [1.29, 1.82) is 0 Å². The van der Waals surface area contributed by atoms with E-state index >= 15 is 0 Å². The maximum absolute atomic E-state index is 13.1. The van der Waals surface area contributed by atoms with E-state index < -0.39 is 0 Å². The molecule has 3 aromatic rings. The van der Waals surface area contributed by atoms with Gasteiger partial charge in [0.1, 0.15) is 11.6 Å². The number of aromatic amines is 1. The highest BCUT2D eigenvalue weighted by Crippen LogP contribution is 2.37. The summed E-state index contributed by atoms with van der Waals surface area (Å²) in [7, 11) is 0. The Morgan fingerprint density at radius 1 is 1.04 bits per heavy atom. The van der Waals surface area contributed by atoms with Crippen LogP contribution in [0.15, 0.2) is 42.5 Å². The van der Waals surface area contributed by atoms with Gasteiger partial charge < -0.3 is 4.98 Å². The van der Waals surface area contributed by atoms with Gasteiger partial charge in [0.2, 0.25) is 0 Å². The van der Waals surface area contributed by atoms with Crippen LogP contribution < -0.4 is 0 Å². The molecule has 1 heterocycles. The number of aromatic nitrogens is 2. The van der Waals surface area contributed by atoms with Crippen molar-refractivity contribution in [2.75, 3.05) is 0 Å². The molecule has 2 aromatic carbocycles. The van der Waals surface area contributed by atoms with Crippen molar-refractivity contribution in [3.8, 4) is 0 Å². The Morgan fingerprint density at radius 2 is 1.79 bits per heavy atom. The molecule has 1 aromatic heterocycles. The average molecular weight is 343 g/mol. The molecule has 1 aliphatic carbocycles. The zero-order valence-corrected chi connectivity index (χ0v) is 14.2. The van der Waals surface area contributed by atoms with Gasteiger partial charge in [-0.3, -0.25) is 0 Å². The second-order valence-corrected chi connectivity index (χ2v) is 7.25. The van der Waals surface area contributed by atoms with E-state index in [-0.39, 0.29) is 5.82 Å². The predicted octanol–water partition coefficient (Wildman–Crippen LogP) is 5.87. The van der Waals surface area contributed by atoms with Crippen molar-refractivity contribution in [2.24, 2.45) is 5.92 Å². The summed E-state index contributed by atoms with van der Waals surface area (Å²) in [5.74, 6) is 2.13. The highest BCUT2D eigenvalue weighted by Gasteiger charge is 2.23. The van der Waals surface area contributed by atoms with Gasteiger partial charge in [-0.15, -0.1) is 0 Å². The third kappa shape index (κ3) is 3.32. The summed E-state index contributed by atoms with van der Waals surface area (Å²) in [5, 5.41) is 0.723. The normalized spacial score (nSPS) is 21.2. The Kier molecular flexibility index (Phi) is 4.28. The van der Waals surface area contributed by atoms with Gasteiger partial charge in [-0.1, -0.05) is 23.7 Å². The minimum atomic E-state index is -0.155. The maximum Gasteiger partial charge on any atom is 0.123 e. The molecule has 0 unspecified atom stereocenters. The van der Waals surface area contributed by atoms with E-state index in [1.165, 1.54) is 31.2 Å². The molecular weight excluding hydrogens is 323 g/mol. The summed E-state index contributed by atoms with van der Waals surface area (Å²) in [6, 6.07) is 12.8. The summed E-state index contributed by atoms with van der Waals surface area (Å²) in [6.07, 6.45) is 5.72. The molecule has 2 nitrogen and oxygen atoms in total. The number of benzene rings is 2. The van der Waals surface area contributed by atoms with Crippen LogP contribution in [0, 0.1) is 11.7 Å². The van der Waals surface area contributed by atoms with E-state index in [1.807, 2.05) is 30.3 Å². The van der Waals surface area contributed by atoms with Crippen molar-refractivity contribution in [2.45, 2.75) is 38.0 Å². The van der Waals surface area contributed by atoms with Gasteiger partial charge in [0.15, 0.2) is 0 Å². The van der Waals surface area contributed by atoms with Gasteiger partial charge >= 0.3 is 0 Å². The average Bonchev–Trinajstić information content (AvgIpc) is 2.98. The van der Waals surface area contributed by atoms with Crippen molar-refractivity contribution in [3.05, 3.63) is 64.7 Å². The van der Waals surface area contributed by atoms with Crippen LogP contribution in [0.4, 0.5) is 4.39 Å². The third-order valence-electron chi connectivity index (χ3n) is 5.16. The molecule has 0 saturated heterocycles. The van der Waals surface area contributed by atoms with Crippen molar-refractivity contribution < 1.29 is 4.39 Å². The number of hydrogen-bond acceptors (Lipinski definition) is 1. The van der Waals surface area contributed by atoms with E-state index in [2.05, 4.69) is 9.97 Å². The quantitative estimate of drug-likeness (QED) is 0.633. The monoisotopic (exact) mass is 342 g/mol. The molecule has 0 spiro atoms. The molecule has 124 valence electrons. The molecule has 1 saturated carbocycles. The van der Waals surface area contributed by atoms with Crippen LogP contribution in [0.3, 0.4) is 0 Å². The summed E-state index contributed by atoms with van der Waals surface area (Å²) in [5.41, 5.74) is 3.26. The van der Waals surface area contributed by atoms with Crippen LogP contribution >= 0.6 is 11.6 Å². The van der Waals surface area contributed by atoms with Crippen LogP contribution in [0.2, 0.25) is 5.02 Å². The first kappa shape index (κ1) is 15.6. The number of rotatable bonds is 3. The fourth-order valence-corrected chi connectivity index (χ4v) is 4.00. The van der Waals surface area contributed by atoms with Gasteiger partial charge in [0.05, 0.1) is 11.0 Å². The Hall–Kier alpha value is -1.87. The zero-order valence-electron chi connectivity index (χ0n) is 13.4. The molecule has 0 radical (unpaired) electrons. The molecule has 4 rings (SSSR count). The fraction of sp³-hybridized carbons (Fsp3) is 0.350. The van der Waals surface area contributed by atoms with Crippen molar-refractivity contribution in [3.63, 3.8) is 0 Å². The number of nitrogens with zero attached hydrogens (tertiary/aromatic N) is 1. The molecule has 0 aliphatic heterocycles. The van der Waals surface area contributed by atoms with Gasteiger partial charge in [0, 0.05) is 11.4 Å². The number of imidazole rings is 1. The number of halogens is 2. The summed E-state index contributed by atoms with van der Waals surface area (Å²) in [4.78, 5) is 8.08. The Labute approximate surface area is 146 Å². The molecule has 1 N–H and O–H groups in total. The molecule has 1 aliphatic rings. The predicted molar refractivity (Wildman–Crippen MR) is 95.9 cm³/mol. The smallest absolute Gasteiger partial charge is 0.123 e. The first-order chi connectivity index (χ1) is 11.7. The van der Waals surface area contributed by atoms with Crippen LogP contribution in [0.25, 0.3) is 11.0 Å². The van der Waals surface area contributed by atoms with Gasteiger partial charge in [0.25, 0.3) is 0 Å². The minimum absolute atomic E-state index is 0.155. The molecule has 24 heavy (non-hydrogen) atoms. The third-order valence-corrected chi connectivity index (χ3v) is 5.40. The van der Waals surface area contributed by atoms with Crippen molar-refractivity contribution >= 4 is 22.6 Å². The summed E-state index contributed by atoms with van der Waals surface area (Å²) in [6.45, 7) is 0. The first-order valence-corrected chi connectivity index (χ1v) is 8.95. The second kappa shape index (κ2) is 6.56. The molecular formula is C20H20ClFN2.